The molecule has 0 unspecified atom stereocenters. The zero-order valence-corrected chi connectivity index (χ0v) is 17.0. The molecule has 1 N–H and O–H groups in total. The van der Waals surface area contributed by atoms with Crippen LogP contribution >= 0.6 is 0 Å². The van der Waals surface area contributed by atoms with Gasteiger partial charge in [0.2, 0.25) is 11.2 Å². The van der Waals surface area contributed by atoms with E-state index >= 15 is 0 Å². The van der Waals surface area contributed by atoms with Gasteiger partial charge in [-0.25, -0.2) is 0 Å². The van der Waals surface area contributed by atoms with Crippen LogP contribution in [0, 0.1) is 6.92 Å². The molecule has 1 saturated carbocycles. The van der Waals surface area contributed by atoms with Crippen molar-refractivity contribution < 1.29 is 18.7 Å². The zero-order valence-electron chi connectivity index (χ0n) is 17.0. The first-order valence-electron chi connectivity index (χ1n) is 10.3. The second kappa shape index (κ2) is 9.03. The van der Waals surface area contributed by atoms with Crippen molar-refractivity contribution >= 4 is 16.9 Å². The van der Waals surface area contributed by atoms with E-state index in [2.05, 4.69) is 5.32 Å². The molecule has 0 atom stereocenters. The third-order valence-corrected chi connectivity index (χ3v) is 5.29. The van der Waals surface area contributed by atoms with Crippen molar-refractivity contribution in [3.63, 3.8) is 0 Å². The molecule has 2 aromatic carbocycles. The van der Waals surface area contributed by atoms with Crippen LogP contribution < -0.4 is 20.2 Å². The number of carbonyl (C=O) groups excluding carboxylic acids is 1. The summed E-state index contributed by atoms with van der Waals surface area (Å²) in [5.74, 6) is 1.45. The number of para-hydroxylation sites is 1. The van der Waals surface area contributed by atoms with Gasteiger partial charge in [-0.3, -0.25) is 9.59 Å². The van der Waals surface area contributed by atoms with Gasteiger partial charge in [0.1, 0.15) is 22.8 Å². The van der Waals surface area contributed by atoms with Gasteiger partial charge in [0.15, 0.2) is 6.61 Å². The number of rotatable bonds is 6. The van der Waals surface area contributed by atoms with E-state index in [1.54, 1.807) is 37.3 Å². The Balaban J connectivity index is 1.47. The highest BCUT2D eigenvalue weighted by molar-refractivity contribution is 5.80. The molecular formula is C24H25NO5. The third-order valence-electron chi connectivity index (χ3n) is 5.29. The molecule has 0 saturated heterocycles. The summed E-state index contributed by atoms with van der Waals surface area (Å²) >= 11 is 0. The van der Waals surface area contributed by atoms with Crippen LogP contribution in [0.1, 0.15) is 37.9 Å². The van der Waals surface area contributed by atoms with E-state index in [9.17, 15) is 9.59 Å². The number of aryl methyl sites for hydroxylation is 1. The molecule has 4 rings (SSSR count). The smallest absolute Gasteiger partial charge is 0.258 e. The maximum absolute atomic E-state index is 12.9. The van der Waals surface area contributed by atoms with E-state index in [4.69, 9.17) is 13.9 Å². The van der Waals surface area contributed by atoms with E-state index in [-0.39, 0.29) is 29.7 Å². The number of hydrogen-bond acceptors (Lipinski definition) is 5. The molecule has 1 aliphatic carbocycles. The monoisotopic (exact) mass is 407 g/mol. The summed E-state index contributed by atoms with van der Waals surface area (Å²) in [4.78, 5) is 25.0. The van der Waals surface area contributed by atoms with Gasteiger partial charge in [0, 0.05) is 12.1 Å². The maximum Gasteiger partial charge on any atom is 0.258 e. The first-order valence-corrected chi connectivity index (χ1v) is 10.3. The largest absolute Gasteiger partial charge is 0.484 e. The average molecular weight is 407 g/mol. The molecule has 6 heteroatoms. The van der Waals surface area contributed by atoms with Crippen molar-refractivity contribution in [1.29, 1.82) is 0 Å². The van der Waals surface area contributed by atoms with Crippen molar-refractivity contribution in [1.82, 2.24) is 5.32 Å². The molecule has 1 fully saturated rings. The van der Waals surface area contributed by atoms with E-state index in [0.29, 0.717) is 28.2 Å². The summed E-state index contributed by atoms with van der Waals surface area (Å²) in [6, 6.07) is 14.3. The lowest BCUT2D eigenvalue weighted by molar-refractivity contribution is -0.124. The standard InChI is InChI=1S/C24H25NO5/c1-16-24(30-18-10-6-3-7-11-18)23(27)20-13-12-19(14-21(20)29-16)28-15-22(26)25-17-8-4-2-5-9-17/h3,6-7,10-14,17H,2,4-5,8-9,15H2,1H3,(H,25,26). The number of fused-ring (bicyclic) bond motifs is 1. The molecule has 1 heterocycles. The van der Waals surface area contributed by atoms with Gasteiger partial charge < -0.3 is 19.2 Å². The molecule has 156 valence electrons. The van der Waals surface area contributed by atoms with Gasteiger partial charge >= 0.3 is 0 Å². The molecule has 0 spiro atoms. The summed E-state index contributed by atoms with van der Waals surface area (Å²) in [5, 5.41) is 3.42. The van der Waals surface area contributed by atoms with Crippen LogP contribution in [0.15, 0.2) is 57.7 Å². The van der Waals surface area contributed by atoms with Crippen molar-refractivity contribution in [2.45, 2.75) is 45.1 Å². The van der Waals surface area contributed by atoms with Gasteiger partial charge in [0.25, 0.3) is 5.91 Å². The van der Waals surface area contributed by atoms with Gasteiger partial charge in [-0.2, -0.15) is 0 Å². The SMILES string of the molecule is Cc1oc2cc(OCC(=O)NC3CCCCC3)ccc2c(=O)c1Oc1ccccc1. The third kappa shape index (κ3) is 4.64. The first-order chi connectivity index (χ1) is 14.6. The summed E-state index contributed by atoms with van der Waals surface area (Å²) in [6.07, 6.45) is 5.61. The van der Waals surface area contributed by atoms with E-state index in [1.807, 2.05) is 18.2 Å². The Morgan fingerprint density at radius 2 is 1.83 bits per heavy atom. The van der Waals surface area contributed by atoms with Crippen LogP contribution in [0.25, 0.3) is 11.0 Å². The molecule has 30 heavy (non-hydrogen) atoms. The first kappa shape index (κ1) is 20.0. The minimum absolute atomic E-state index is 0.0690. The van der Waals surface area contributed by atoms with Crippen molar-refractivity contribution in [3.8, 4) is 17.2 Å². The number of carbonyl (C=O) groups is 1. The predicted molar refractivity (Wildman–Crippen MR) is 114 cm³/mol. The fraction of sp³-hybridized carbons (Fsp3) is 0.333. The Labute approximate surface area is 174 Å². The van der Waals surface area contributed by atoms with Gasteiger partial charge in [0.05, 0.1) is 5.39 Å². The maximum atomic E-state index is 12.9. The number of hydrogen-bond donors (Lipinski definition) is 1. The number of amides is 1. The molecule has 0 radical (unpaired) electrons. The highest BCUT2D eigenvalue weighted by atomic mass is 16.5. The lowest BCUT2D eigenvalue weighted by Gasteiger charge is -2.22. The minimum Gasteiger partial charge on any atom is -0.484 e. The van der Waals surface area contributed by atoms with Gasteiger partial charge in [-0.1, -0.05) is 37.5 Å². The highest BCUT2D eigenvalue weighted by Crippen LogP contribution is 2.27. The van der Waals surface area contributed by atoms with E-state index < -0.39 is 0 Å². The van der Waals surface area contributed by atoms with Crippen molar-refractivity contribution in [2.24, 2.45) is 0 Å². The average Bonchev–Trinajstić information content (AvgIpc) is 2.76. The summed E-state index contributed by atoms with van der Waals surface area (Å²) in [7, 11) is 0. The Morgan fingerprint density at radius 3 is 2.60 bits per heavy atom. The normalized spacial score (nSPS) is 14.4. The Bertz CT molecular complexity index is 1080. The van der Waals surface area contributed by atoms with E-state index in [0.717, 1.165) is 25.7 Å². The van der Waals surface area contributed by atoms with Crippen LogP contribution in [0.3, 0.4) is 0 Å². The fourth-order valence-electron chi connectivity index (χ4n) is 3.75. The molecule has 1 aliphatic rings. The summed E-state index contributed by atoms with van der Waals surface area (Å²) < 4.78 is 17.2. The Morgan fingerprint density at radius 1 is 1.07 bits per heavy atom. The molecule has 6 nitrogen and oxygen atoms in total. The van der Waals surface area contributed by atoms with Crippen LogP contribution in [0.2, 0.25) is 0 Å². The van der Waals surface area contributed by atoms with Crippen LogP contribution in [0.4, 0.5) is 0 Å². The number of ether oxygens (including phenoxy) is 2. The minimum atomic E-state index is -0.251. The highest BCUT2D eigenvalue weighted by Gasteiger charge is 2.17. The molecule has 3 aromatic rings. The second-order valence-corrected chi connectivity index (χ2v) is 7.58. The van der Waals surface area contributed by atoms with Crippen LogP contribution in [-0.4, -0.2) is 18.6 Å². The zero-order chi connectivity index (χ0) is 20.9. The Hall–Kier alpha value is -3.28. The van der Waals surface area contributed by atoms with Gasteiger partial charge in [-0.15, -0.1) is 0 Å². The topological polar surface area (TPSA) is 77.8 Å². The molecule has 1 amide bonds. The molecular weight excluding hydrogens is 382 g/mol. The fourth-order valence-corrected chi connectivity index (χ4v) is 3.75. The molecule has 0 bridgehead atoms. The second-order valence-electron chi connectivity index (χ2n) is 7.58. The van der Waals surface area contributed by atoms with Gasteiger partial charge in [-0.05, 0) is 44.0 Å². The number of benzene rings is 2. The lowest BCUT2D eigenvalue weighted by Crippen LogP contribution is -2.38. The van der Waals surface area contributed by atoms with Crippen molar-refractivity contribution in [3.05, 3.63) is 64.5 Å². The Kier molecular flexibility index (Phi) is 6.02. The number of nitrogens with one attached hydrogen (secondary N) is 1. The predicted octanol–water partition coefficient (Wildman–Crippen LogP) is 4.72. The summed E-state index contributed by atoms with van der Waals surface area (Å²) in [6.45, 7) is 1.62. The molecule has 1 aromatic heterocycles. The quantitative estimate of drug-likeness (QED) is 0.640. The lowest BCUT2D eigenvalue weighted by atomic mass is 9.95. The van der Waals surface area contributed by atoms with Crippen LogP contribution in [0.5, 0.6) is 17.2 Å². The van der Waals surface area contributed by atoms with E-state index in [1.165, 1.54) is 6.42 Å². The van der Waals surface area contributed by atoms with Crippen molar-refractivity contribution in [2.75, 3.05) is 6.61 Å². The summed E-state index contributed by atoms with van der Waals surface area (Å²) in [5.41, 5.74) is 0.141. The molecule has 0 aliphatic heterocycles. The van der Waals surface area contributed by atoms with Crippen LogP contribution in [-0.2, 0) is 4.79 Å².